The van der Waals surface area contributed by atoms with Gasteiger partial charge in [0.1, 0.15) is 0 Å². The number of fused-ring (bicyclic) bond motifs is 3. The quantitative estimate of drug-likeness (QED) is 0.340. The van der Waals surface area contributed by atoms with Gasteiger partial charge in [0.15, 0.2) is 5.82 Å². The molecule has 35 heavy (non-hydrogen) atoms. The number of carbonyl (C=O) groups is 1. The van der Waals surface area contributed by atoms with Gasteiger partial charge in [-0.2, -0.15) is 4.98 Å². The molecule has 0 atom stereocenters. The molecule has 1 saturated carbocycles. The highest BCUT2D eigenvalue weighted by atomic mass is 32.1. The number of hydrogen-bond donors (Lipinski definition) is 2. The molecular weight excluding hydrogens is 456 g/mol. The van der Waals surface area contributed by atoms with Gasteiger partial charge in [0, 0.05) is 30.3 Å². The second-order valence-electron chi connectivity index (χ2n) is 9.78. The average Bonchev–Trinajstić information content (AvgIpc) is 3.54. The van der Waals surface area contributed by atoms with Crippen LogP contribution in [0.4, 0.5) is 0 Å². The zero-order valence-electron chi connectivity index (χ0n) is 20.0. The summed E-state index contributed by atoms with van der Waals surface area (Å²) >= 11 is 1.57. The highest BCUT2D eigenvalue weighted by Gasteiger charge is 2.20. The number of nitrogens with zero attached hydrogens (tertiary/aromatic N) is 4. The number of rotatable bonds is 9. The Bertz CT molecular complexity index is 1320. The minimum atomic E-state index is -0.0125. The van der Waals surface area contributed by atoms with Crippen molar-refractivity contribution >= 4 is 32.4 Å². The van der Waals surface area contributed by atoms with Gasteiger partial charge in [-0.3, -0.25) is 4.79 Å². The molecule has 4 aromatic rings. The van der Waals surface area contributed by atoms with Crippen molar-refractivity contribution in [3.8, 4) is 11.4 Å². The molecule has 8 heteroatoms. The van der Waals surface area contributed by atoms with Crippen molar-refractivity contribution in [3.05, 3.63) is 53.6 Å². The van der Waals surface area contributed by atoms with Crippen LogP contribution in [-0.4, -0.2) is 57.6 Å². The van der Waals surface area contributed by atoms with E-state index in [0.717, 1.165) is 46.1 Å². The lowest BCUT2D eigenvalue weighted by atomic mass is 10.1. The molecule has 0 unspecified atom stereocenters. The smallest absolute Gasteiger partial charge is 0.251 e. The molecule has 3 heterocycles. The first-order valence-electron chi connectivity index (χ1n) is 12.9. The first-order valence-corrected chi connectivity index (χ1v) is 13.7. The van der Waals surface area contributed by atoms with Crippen LogP contribution in [-0.2, 0) is 6.54 Å². The topological polar surface area (TPSA) is 74.6 Å². The molecule has 2 aromatic carbocycles. The van der Waals surface area contributed by atoms with E-state index in [2.05, 4.69) is 39.8 Å². The molecule has 1 aliphatic carbocycles. The Hall–Kier alpha value is -2.81. The molecule has 6 rings (SSSR count). The maximum atomic E-state index is 12.7. The molecule has 182 valence electrons. The third kappa shape index (κ3) is 5.24. The molecule has 7 nitrogen and oxygen atoms in total. The van der Waals surface area contributed by atoms with Crippen LogP contribution in [0.25, 0.3) is 26.6 Å². The zero-order valence-corrected chi connectivity index (χ0v) is 20.8. The first-order chi connectivity index (χ1) is 17.2. The molecule has 2 N–H and O–H groups in total. The van der Waals surface area contributed by atoms with Crippen LogP contribution < -0.4 is 10.6 Å². The summed E-state index contributed by atoms with van der Waals surface area (Å²) in [6.45, 7) is 5.08. The third-order valence-corrected chi connectivity index (χ3v) is 7.99. The molecular formula is C27H32N6OS. The summed E-state index contributed by atoms with van der Waals surface area (Å²) < 4.78 is 2.91. The lowest BCUT2D eigenvalue weighted by Crippen LogP contribution is -2.33. The molecule has 0 radical (unpaired) electrons. The Balaban J connectivity index is 1.09. The van der Waals surface area contributed by atoms with Crippen LogP contribution in [0.1, 0.15) is 54.4 Å². The van der Waals surface area contributed by atoms with E-state index in [1.165, 1.54) is 50.8 Å². The molecule has 0 bridgehead atoms. The van der Waals surface area contributed by atoms with Crippen LogP contribution in [0.3, 0.4) is 0 Å². The second kappa shape index (κ2) is 10.0. The molecule has 1 saturated heterocycles. The normalized spacial score (nSPS) is 16.8. The summed E-state index contributed by atoms with van der Waals surface area (Å²) in [5.41, 5.74) is 3.97. The molecule has 0 spiro atoms. The molecule has 1 aliphatic heterocycles. The Kier molecular flexibility index (Phi) is 6.50. The van der Waals surface area contributed by atoms with Gasteiger partial charge in [-0.05, 0) is 75.5 Å². The van der Waals surface area contributed by atoms with Crippen LogP contribution in [0, 0.1) is 0 Å². The number of hydrogen-bond acceptors (Lipinski definition) is 6. The van der Waals surface area contributed by atoms with Gasteiger partial charge in [0.25, 0.3) is 5.91 Å². The molecule has 2 aromatic heterocycles. The summed E-state index contributed by atoms with van der Waals surface area (Å²) in [6, 6.07) is 15.0. The van der Waals surface area contributed by atoms with E-state index < -0.39 is 0 Å². The maximum Gasteiger partial charge on any atom is 0.251 e. The maximum absolute atomic E-state index is 12.7. The fourth-order valence-corrected chi connectivity index (χ4v) is 5.76. The van der Waals surface area contributed by atoms with E-state index in [-0.39, 0.29) is 5.91 Å². The highest BCUT2D eigenvalue weighted by molar-refractivity contribution is 7.23. The number of carbonyl (C=O) groups excluding carboxylic acids is 1. The summed E-state index contributed by atoms with van der Waals surface area (Å²) in [6.07, 6.45) is 7.55. The van der Waals surface area contributed by atoms with E-state index in [1.807, 2.05) is 22.7 Å². The third-order valence-electron chi connectivity index (χ3n) is 7.00. The Morgan fingerprint density at radius 2 is 1.89 bits per heavy atom. The zero-order chi connectivity index (χ0) is 23.6. The summed E-state index contributed by atoms with van der Waals surface area (Å²) in [7, 11) is 0. The van der Waals surface area contributed by atoms with Crippen LogP contribution >= 0.6 is 11.3 Å². The van der Waals surface area contributed by atoms with Crippen LogP contribution in [0.5, 0.6) is 0 Å². The van der Waals surface area contributed by atoms with E-state index >= 15 is 0 Å². The van der Waals surface area contributed by atoms with Crippen molar-refractivity contribution in [1.82, 2.24) is 30.1 Å². The molecule has 2 aliphatic rings. The fraction of sp³-hybridized carbons (Fsp3) is 0.444. The Labute approximate surface area is 209 Å². The number of benzene rings is 2. The largest absolute Gasteiger partial charge is 0.352 e. The average molecular weight is 489 g/mol. The van der Waals surface area contributed by atoms with Gasteiger partial charge in [-0.25, -0.2) is 4.52 Å². The van der Waals surface area contributed by atoms with E-state index in [9.17, 15) is 4.79 Å². The number of aromatic nitrogens is 3. The van der Waals surface area contributed by atoms with Gasteiger partial charge < -0.3 is 15.5 Å². The number of nitrogens with one attached hydrogen (secondary N) is 2. The lowest BCUT2D eigenvalue weighted by Gasteiger charge is -2.26. The predicted molar refractivity (Wildman–Crippen MR) is 141 cm³/mol. The van der Waals surface area contributed by atoms with Crippen molar-refractivity contribution in [2.75, 3.05) is 26.2 Å². The van der Waals surface area contributed by atoms with Crippen LogP contribution in [0.2, 0.25) is 0 Å². The number of thiazole rings is 1. The monoisotopic (exact) mass is 488 g/mol. The van der Waals surface area contributed by atoms with Gasteiger partial charge in [0.05, 0.1) is 10.2 Å². The minimum absolute atomic E-state index is 0.0125. The Morgan fingerprint density at radius 3 is 2.69 bits per heavy atom. The van der Waals surface area contributed by atoms with E-state index in [1.54, 1.807) is 11.3 Å². The summed E-state index contributed by atoms with van der Waals surface area (Å²) in [5.74, 6) is 0.719. The van der Waals surface area contributed by atoms with E-state index in [0.29, 0.717) is 18.2 Å². The lowest BCUT2D eigenvalue weighted by molar-refractivity contribution is 0.0951. The molecule has 2 fully saturated rings. The fourth-order valence-electron chi connectivity index (χ4n) is 4.76. The van der Waals surface area contributed by atoms with Gasteiger partial charge in [-0.15, -0.1) is 5.10 Å². The van der Waals surface area contributed by atoms with Crippen molar-refractivity contribution in [2.45, 2.75) is 51.1 Å². The van der Waals surface area contributed by atoms with Crippen LogP contribution in [0.15, 0.2) is 42.5 Å². The second-order valence-corrected chi connectivity index (χ2v) is 10.8. The molecule has 1 amide bonds. The Morgan fingerprint density at radius 1 is 1.06 bits per heavy atom. The van der Waals surface area contributed by atoms with Gasteiger partial charge >= 0.3 is 0 Å². The standard InChI is InChI=1S/C27H32N6OS/c34-26(28-13-4-16-32-14-2-1-3-15-32)21-9-12-23-24(17-21)35-27-30-25(31-33(23)27)20-7-5-19(6-8-20)18-29-22-10-11-22/h5-9,12,17,22,29H,1-4,10-11,13-16,18H2,(H,28,34). The van der Waals surface area contributed by atoms with Gasteiger partial charge in [0.2, 0.25) is 4.96 Å². The summed E-state index contributed by atoms with van der Waals surface area (Å²) in [4.78, 5) is 20.8. The first kappa shape index (κ1) is 22.6. The van der Waals surface area contributed by atoms with Crippen molar-refractivity contribution < 1.29 is 4.79 Å². The van der Waals surface area contributed by atoms with Gasteiger partial charge in [-0.1, -0.05) is 42.0 Å². The van der Waals surface area contributed by atoms with Crippen molar-refractivity contribution in [1.29, 1.82) is 0 Å². The number of likely N-dealkylation sites (tertiary alicyclic amines) is 1. The van der Waals surface area contributed by atoms with Crippen molar-refractivity contribution in [3.63, 3.8) is 0 Å². The highest BCUT2D eigenvalue weighted by Crippen LogP contribution is 2.28. The number of piperidine rings is 1. The number of amides is 1. The SMILES string of the molecule is O=C(NCCCN1CCCCC1)c1ccc2c(c1)sc1nc(-c3ccc(CNC4CC4)cc3)nn12. The van der Waals surface area contributed by atoms with Crippen molar-refractivity contribution in [2.24, 2.45) is 0 Å². The minimum Gasteiger partial charge on any atom is -0.352 e. The predicted octanol–water partition coefficient (Wildman–Crippen LogP) is 4.47. The summed E-state index contributed by atoms with van der Waals surface area (Å²) in [5, 5.41) is 11.4. The van der Waals surface area contributed by atoms with E-state index in [4.69, 9.17) is 10.1 Å².